The standard InChI is InChI=1S/C30H31N5OS/c1-21-19-28(33-36-21)25-12-11-22-13-16-35(17-14-24(22)20-25)15-6-18-37-30-32-31-29(34(30)2)27-10-5-8-23-7-3-4-9-26(23)27/h3-5,7-12,19-20H,6,13-18H2,1-2H3. The highest BCUT2D eigenvalue weighted by molar-refractivity contribution is 7.99. The Morgan fingerprint density at radius 3 is 2.62 bits per heavy atom. The Kier molecular flexibility index (Phi) is 6.81. The summed E-state index contributed by atoms with van der Waals surface area (Å²) in [5.41, 5.74) is 6.10. The van der Waals surface area contributed by atoms with Crippen molar-refractivity contribution in [1.29, 1.82) is 0 Å². The number of hydrogen-bond donors (Lipinski definition) is 0. The third-order valence-electron chi connectivity index (χ3n) is 7.24. The molecule has 3 heterocycles. The quantitative estimate of drug-likeness (QED) is 0.193. The van der Waals surface area contributed by atoms with Crippen LogP contribution in [0.15, 0.2) is 76.4 Å². The van der Waals surface area contributed by atoms with Crippen LogP contribution >= 0.6 is 11.8 Å². The van der Waals surface area contributed by atoms with Crippen molar-refractivity contribution in [1.82, 2.24) is 24.8 Å². The molecule has 1 aliphatic rings. The van der Waals surface area contributed by atoms with Crippen LogP contribution in [0.2, 0.25) is 0 Å². The van der Waals surface area contributed by atoms with Crippen LogP contribution in [0.1, 0.15) is 23.3 Å². The van der Waals surface area contributed by atoms with Crippen molar-refractivity contribution in [2.75, 3.05) is 25.4 Å². The zero-order valence-electron chi connectivity index (χ0n) is 21.4. The second kappa shape index (κ2) is 10.5. The van der Waals surface area contributed by atoms with E-state index >= 15 is 0 Å². The molecule has 1 aliphatic heterocycles. The zero-order chi connectivity index (χ0) is 25.2. The highest BCUT2D eigenvalue weighted by Crippen LogP contribution is 2.30. The van der Waals surface area contributed by atoms with Crippen molar-refractivity contribution < 1.29 is 4.52 Å². The van der Waals surface area contributed by atoms with Crippen molar-refractivity contribution in [3.8, 4) is 22.6 Å². The van der Waals surface area contributed by atoms with Crippen LogP contribution in [0.3, 0.4) is 0 Å². The molecule has 0 bridgehead atoms. The van der Waals surface area contributed by atoms with Gasteiger partial charge in [-0.1, -0.05) is 71.5 Å². The van der Waals surface area contributed by atoms with E-state index in [0.717, 1.165) is 78.2 Å². The Morgan fingerprint density at radius 2 is 1.76 bits per heavy atom. The second-order valence-corrected chi connectivity index (χ2v) is 10.8. The highest BCUT2D eigenvalue weighted by Gasteiger charge is 2.17. The molecule has 0 radical (unpaired) electrons. The van der Waals surface area contributed by atoms with Gasteiger partial charge < -0.3 is 14.0 Å². The minimum atomic E-state index is 0.847. The molecule has 3 aromatic carbocycles. The van der Waals surface area contributed by atoms with Gasteiger partial charge in [-0.15, -0.1) is 10.2 Å². The molecule has 2 aromatic heterocycles. The fourth-order valence-corrected chi connectivity index (χ4v) is 6.04. The molecule has 0 saturated heterocycles. The summed E-state index contributed by atoms with van der Waals surface area (Å²) < 4.78 is 7.40. The van der Waals surface area contributed by atoms with Crippen molar-refractivity contribution in [2.45, 2.75) is 31.3 Å². The van der Waals surface area contributed by atoms with Crippen LogP contribution in [0.5, 0.6) is 0 Å². The molecule has 0 spiro atoms. The number of benzene rings is 3. The van der Waals surface area contributed by atoms with Crippen LogP contribution < -0.4 is 0 Å². The molecule has 5 aromatic rings. The predicted molar refractivity (Wildman–Crippen MR) is 150 cm³/mol. The van der Waals surface area contributed by atoms with E-state index in [2.05, 4.69) is 92.5 Å². The Hall–Kier alpha value is -3.42. The number of fused-ring (bicyclic) bond motifs is 2. The highest BCUT2D eigenvalue weighted by atomic mass is 32.2. The normalized spacial score (nSPS) is 14.1. The van der Waals surface area contributed by atoms with Gasteiger partial charge in [0.15, 0.2) is 11.0 Å². The molecule has 37 heavy (non-hydrogen) atoms. The van der Waals surface area contributed by atoms with Gasteiger partial charge in [0.05, 0.1) is 0 Å². The maximum absolute atomic E-state index is 5.27. The van der Waals surface area contributed by atoms with E-state index < -0.39 is 0 Å². The molecule has 0 fully saturated rings. The van der Waals surface area contributed by atoms with Crippen molar-refractivity contribution in [3.05, 3.63) is 83.6 Å². The van der Waals surface area contributed by atoms with Crippen LogP contribution in [0, 0.1) is 6.92 Å². The van der Waals surface area contributed by atoms with E-state index in [1.807, 2.05) is 13.0 Å². The number of nitrogens with zero attached hydrogens (tertiary/aromatic N) is 5. The lowest BCUT2D eigenvalue weighted by Gasteiger charge is -2.19. The lowest BCUT2D eigenvalue weighted by Crippen LogP contribution is -2.27. The summed E-state index contributed by atoms with van der Waals surface area (Å²) in [5, 5.41) is 16.6. The van der Waals surface area contributed by atoms with E-state index in [9.17, 15) is 0 Å². The molecule has 6 rings (SSSR count). The Bertz CT molecular complexity index is 1530. The zero-order valence-corrected chi connectivity index (χ0v) is 22.2. The molecule has 188 valence electrons. The van der Waals surface area contributed by atoms with Gasteiger partial charge >= 0.3 is 0 Å². The number of aromatic nitrogens is 4. The van der Waals surface area contributed by atoms with Gasteiger partial charge in [0.25, 0.3) is 0 Å². The SMILES string of the molecule is Cc1cc(-c2ccc3c(c2)CCN(CCCSc2nnc(-c4cccc5ccccc45)n2C)CC3)no1. The molecule has 0 unspecified atom stereocenters. The Labute approximate surface area is 221 Å². The third kappa shape index (κ3) is 5.06. The van der Waals surface area contributed by atoms with E-state index in [1.54, 1.807) is 11.8 Å². The van der Waals surface area contributed by atoms with Gasteiger partial charge in [0.2, 0.25) is 0 Å². The van der Waals surface area contributed by atoms with Crippen LogP contribution in [-0.4, -0.2) is 50.2 Å². The lowest BCUT2D eigenvalue weighted by atomic mass is 9.99. The van der Waals surface area contributed by atoms with Gasteiger partial charge in [-0.3, -0.25) is 0 Å². The average Bonchev–Trinajstić information content (AvgIpc) is 3.46. The molecule has 0 saturated carbocycles. The van der Waals surface area contributed by atoms with Crippen molar-refractivity contribution >= 4 is 22.5 Å². The van der Waals surface area contributed by atoms with Gasteiger partial charge in [-0.2, -0.15) is 0 Å². The van der Waals surface area contributed by atoms with E-state index in [0.29, 0.717) is 0 Å². The molecule has 6 nitrogen and oxygen atoms in total. The fraction of sp³-hybridized carbons (Fsp3) is 0.300. The maximum atomic E-state index is 5.27. The molecule has 0 aliphatic carbocycles. The van der Waals surface area contributed by atoms with E-state index in [1.165, 1.54) is 21.9 Å². The Morgan fingerprint density at radius 1 is 0.919 bits per heavy atom. The van der Waals surface area contributed by atoms with E-state index in [-0.39, 0.29) is 0 Å². The fourth-order valence-electron chi connectivity index (χ4n) is 5.20. The van der Waals surface area contributed by atoms with Crippen LogP contribution in [0.25, 0.3) is 33.4 Å². The van der Waals surface area contributed by atoms with Crippen LogP contribution in [-0.2, 0) is 19.9 Å². The molecule has 7 heteroatoms. The lowest BCUT2D eigenvalue weighted by molar-refractivity contribution is 0.289. The average molecular weight is 510 g/mol. The molecule has 0 atom stereocenters. The summed E-state index contributed by atoms with van der Waals surface area (Å²) in [4.78, 5) is 2.60. The molecular formula is C30H31N5OS. The Balaban J connectivity index is 1.04. The smallest absolute Gasteiger partial charge is 0.191 e. The maximum Gasteiger partial charge on any atom is 0.191 e. The van der Waals surface area contributed by atoms with Gasteiger partial charge in [0.1, 0.15) is 11.5 Å². The number of thioether (sulfide) groups is 1. The number of hydrogen-bond acceptors (Lipinski definition) is 6. The molecular weight excluding hydrogens is 478 g/mol. The molecule has 0 N–H and O–H groups in total. The van der Waals surface area contributed by atoms with Crippen LogP contribution in [0.4, 0.5) is 0 Å². The first-order valence-electron chi connectivity index (χ1n) is 12.9. The number of rotatable bonds is 7. The minimum absolute atomic E-state index is 0.847. The summed E-state index contributed by atoms with van der Waals surface area (Å²) in [5.74, 6) is 2.80. The minimum Gasteiger partial charge on any atom is -0.361 e. The first kappa shape index (κ1) is 23.9. The van der Waals surface area contributed by atoms with Crippen molar-refractivity contribution in [2.24, 2.45) is 7.05 Å². The summed E-state index contributed by atoms with van der Waals surface area (Å²) in [6.45, 7) is 5.23. The summed E-state index contributed by atoms with van der Waals surface area (Å²) in [6.07, 6.45) is 3.30. The topological polar surface area (TPSA) is 60.0 Å². The van der Waals surface area contributed by atoms with Gasteiger partial charge in [-0.05, 0) is 60.7 Å². The summed E-state index contributed by atoms with van der Waals surface area (Å²) in [6, 6.07) is 23.6. The van der Waals surface area contributed by atoms with Gasteiger partial charge in [-0.25, -0.2) is 0 Å². The number of aryl methyl sites for hydroxylation is 1. The van der Waals surface area contributed by atoms with Gasteiger partial charge in [0, 0.05) is 43.1 Å². The predicted octanol–water partition coefficient (Wildman–Crippen LogP) is 6.18. The largest absolute Gasteiger partial charge is 0.361 e. The molecule has 0 amide bonds. The third-order valence-corrected chi connectivity index (χ3v) is 8.35. The summed E-state index contributed by atoms with van der Waals surface area (Å²) in [7, 11) is 2.07. The first-order valence-corrected chi connectivity index (χ1v) is 13.9. The van der Waals surface area contributed by atoms with E-state index in [4.69, 9.17) is 4.52 Å². The summed E-state index contributed by atoms with van der Waals surface area (Å²) >= 11 is 1.80. The van der Waals surface area contributed by atoms with Crippen molar-refractivity contribution in [3.63, 3.8) is 0 Å². The first-order chi connectivity index (χ1) is 18.2. The second-order valence-electron chi connectivity index (χ2n) is 9.74. The monoisotopic (exact) mass is 509 g/mol.